The number of esters is 1. The molecule has 28 heavy (non-hydrogen) atoms. The molecule has 0 aromatic carbocycles. The molecular formula is C22H26O6. The number of rotatable bonds is 1. The van der Waals surface area contributed by atoms with Gasteiger partial charge in [-0.15, -0.1) is 0 Å². The van der Waals surface area contributed by atoms with Crippen LogP contribution in [0.15, 0.2) is 24.3 Å². The summed E-state index contributed by atoms with van der Waals surface area (Å²) in [5.41, 5.74) is -2.28. The van der Waals surface area contributed by atoms with Gasteiger partial charge in [0.1, 0.15) is 0 Å². The van der Waals surface area contributed by atoms with Crippen molar-refractivity contribution in [2.24, 2.45) is 34.0 Å². The van der Waals surface area contributed by atoms with E-state index in [1.165, 1.54) is 6.92 Å². The molecule has 2 heterocycles. The van der Waals surface area contributed by atoms with E-state index >= 15 is 0 Å². The zero-order chi connectivity index (χ0) is 20.3. The second-order valence-electron chi connectivity index (χ2n) is 9.91. The second kappa shape index (κ2) is 5.03. The average Bonchev–Trinajstić information content (AvgIpc) is 2.81. The standard InChI is InChI=1S/C22H26O6/c1-11-13-5-6-14-20-10-27-22(26,21(14,9-13)17(11)25)18(28-12(2)23)16(20)19(3,4)8-7-15(20)24/h7-8,13-14,16,18,26H,1,5-6,9-10H2,2-4H3/t13-,14+,16-,18+,20-,21+,22+/m1/s1. The summed E-state index contributed by atoms with van der Waals surface area (Å²) in [5.74, 6) is -3.67. The van der Waals surface area contributed by atoms with E-state index in [1.54, 1.807) is 6.08 Å². The number of ether oxygens (including phenoxy) is 2. The summed E-state index contributed by atoms with van der Waals surface area (Å²) in [7, 11) is 0. The molecule has 0 aromatic heterocycles. The quantitative estimate of drug-likeness (QED) is 0.547. The number of carbonyl (C=O) groups excluding carboxylic acids is 3. The molecule has 0 radical (unpaired) electrons. The van der Waals surface area contributed by atoms with Crippen LogP contribution in [0.2, 0.25) is 0 Å². The summed E-state index contributed by atoms with van der Waals surface area (Å²) in [6, 6.07) is 0. The van der Waals surface area contributed by atoms with E-state index in [-0.39, 0.29) is 30.0 Å². The molecule has 2 spiro atoms. The minimum atomic E-state index is -1.95. The van der Waals surface area contributed by atoms with Gasteiger partial charge in [0.2, 0.25) is 5.79 Å². The molecule has 6 aliphatic rings. The van der Waals surface area contributed by atoms with E-state index in [1.807, 2.05) is 19.9 Å². The van der Waals surface area contributed by atoms with Crippen LogP contribution in [0.5, 0.6) is 0 Å². The Labute approximate surface area is 164 Å². The predicted molar refractivity (Wildman–Crippen MR) is 97.7 cm³/mol. The van der Waals surface area contributed by atoms with Crippen molar-refractivity contribution in [1.82, 2.24) is 0 Å². The molecule has 4 aliphatic carbocycles. The number of fused-ring (bicyclic) bond motifs is 2. The van der Waals surface area contributed by atoms with Gasteiger partial charge in [0, 0.05) is 12.8 Å². The predicted octanol–water partition coefficient (Wildman–Crippen LogP) is 1.96. The van der Waals surface area contributed by atoms with Crippen molar-refractivity contribution in [2.45, 2.75) is 51.9 Å². The molecule has 150 valence electrons. The number of hydrogen-bond acceptors (Lipinski definition) is 6. The van der Waals surface area contributed by atoms with Crippen LogP contribution in [-0.4, -0.2) is 41.1 Å². The first kappa shape index (κ1) is 18.3. The maximum absolute atomic E-state index is 13.5. The minimum Gasteiger partial charge on any atom is -0.456 e. The number of Topliss-reactive ketones (excluding diaryl/α,β-unsaturated/α-hetero) is 1. The number of hydrogen-bond donors (Lipinski definition) is 1. The fourth-order valence-electron chi connectivity index (χ4n) is 7.45. The number of allylic oxidation sites excluding steroid dienone is 3. The molecule has 6 nitrogen and oxygen atoms in total. The number of aliphatic hydroxyl groups is 1. The fraction of sp³-hybridized carbons (Fsp3) is 0.682. The molecule has 3 saturated carbocycles. The molecule has 6 heteroatoms. The summed E-state index contributed by atoms with van der Waals surface area (Å²) in [5, 5.41) is 11.9. The van der Waals surface area contributed by atoms with Crippen molar-refractivity contribution in [3.8, 4) is 0 Å². The van der Waals surface area contributed by atoms with Crippen molar-refractivity contribution >= 4 is 17.5 Å². The first-order valence-corrected chi connectivity index (χ1v) is 10.0. The third-order valence-corrected chi connectivity index (χ3v) is 8.41. The highest BCUT2D eigenvalue weighted by Gasteiger charge is 2.85. The molecule has 1 N–H and O–H groups in total. The van der Waals surface area contributed by atoms with Crippen molar-refractivity contribution in [1.29, 1.82) is 0 Å². The van der Waals surface area contributed by atoms with Crippen molar-refractivity contribution in [3.05, 3.63) is 24.3 Å². The SMILES string of the molecule is C=C1C(=O)[C@]23C[C@H]1CC[C@H]2[C@@]12CO[C@@]3(O)[C@@H](OC(C)=O)[C@@H]1C(C)(C)C=CC2=O. The van der Waals surface area contributed by atoms with Gasteiger partial charge in [0.25, 0.3) is 0 Å². The monoisotopic (exact) mass is 386 g/mol. The van der Waals surface area contributed by atoms with E-state index in [4.69, 9.17) is 9.47 Å². The first-order valence-electron chi connectivity index (χ1n) is 10.0. The number of ketones is 2. The Morgan fingerprint density at radius 2 is 2.04 bits per heavy atom. The summed E-state index contributed by atoms with van der Waals surface area (Å²) < 4.78 is 11.6. The summed E-state index contributed by atoms with van der Waals surface area (Å²) >= 11 is 0. The number of carbonyl (C=O) groups is 3. The lowest BCUT2D eigenvalue weighted by Crippen LogP contribution is -2.83. The summed E-state index contributed by atoms with van der Waals surface area (Å²) in [6.07, 6.45) is 4.16. The van der Waals surface area contributed by atoms with Crippen LogP contribution in [0.4, 0.5) is 0 Å². The van der Waals surface area contributed by atoms with Gasteiger partial charge in [-0.25, -0.2) is 0 Å². The summed E-state index contributed by atoms with van der Waals surface area (Å²) in [4.78, 5) is 38.9. The van der Waals surface area contributed by atoms with Crippen molar-refractivity contribution in [3.63, 3.8) is 0 Å². The van der Waals surface area contributed by atoms with Crippen LogP contribution in [0.25, 0.3) is 0 Å². The van der Waals surface area contributed by atoms with Gasteiger partial charge < -0.3 is 14.6 Å². The Hall–Kier alpha value is -1.79. The van der Waals surface area contributed by atoms with Gasteiger partial charge in [0.05, 0.1) is 17.4 Å². The smallest absolute Gasteiger partial charge is 0.303 e. The van der Waals surface area contributed by atoms with Crippen LogP contribution >= 0.6 is 0 Å². The largest absolute Gasteiger partial charge is 0.456 e. The van der Waals surface area contributed by atoms with Gasteiger partial charge in [-0.3, -0.25) is 14.4 Å². The molecule has 2 aliphatic heterocycles. The van der Waals surface area contributed by atoms with Gasteiger partial charge in [-0.05, 0) is 48.2 Å². The normalized spacial score (nSPS) is 50.4. The molecule has 4 bridgehead atoms. The van der Waals surface area contributed by atoms with E-state index < -0.39 is 40.0 Å². The van der Waals surface area contributed by atoms with Crippen LogP contribution in [0, 0.1) is 34.0 Å². The molecule has 0 amide bonds. The zero-order valence-electron chi connectivity index (χ0n) is 16.5. The Morgan fingerprint density at radius 3 is 2.71 bits per heavy atom. The highest BCUT2D eigenvalue weighted by atomic mass is 16.7. The maximum Gasteiger partial charge on any atom is 0.303 e. The van der Waals surface area contributed by atoms with Crippen molar-refractivity contribution < 1.29 is 29.0 Å². The van der Waals surface area contributed by atoms with Gasteiger partial charge in [0.15, 0.2) is 17.7 Å². The molecule has 0 unspecified atom stereocenters. The van der Waals surface area contributed by atoms with E-state index in [0.29, 0.717) is 18.4 Å². The Balaban J connectivity index is 1.82. The lowest BCUT2D eigenvalue weighted by molar-refractivity contribution is -0.422. The third-order valence-electron chi connectivity index (χ3n) is 8.41. The highest BCUT2D eigenvalue weighted by molar-refractivity contribution is 6.06. The molecule has 6 rings (SSSR count). The van der Waals surface area contributed by atoms with Gasteiger partial charge in [-0.1, -0.05) is 26.5 Å². The lowest BCUT2D eigenvalue weighted by atomic mass is 9.37. The Bertz CT molecular complexity index is 870. The fourth-order valence-corrected chi connectivity index (χ4v) is 7.45. The Morgan fingerprint density at radius 1 is 1.32 bits per heavy atom. The highest BCUT2D eigenvalue weighted by Crippen LogP contribution is 2.75. The minimum absolute atomic E-state index is 0.0224. The van der Waals surface area contributed by atoms with Crippen LogP contribution < -0.4 is 0 Å². The van der Waals surface area contributed by atoms with E-state index in [0.717, 1.165) is 6.42 Å². The van der Waals surface area contributed by atoms with E-state index in [2.05, 4.69) is 6.58 Å². The van der Waals surface area contributed by atoms with E-state index in [9.17, 15) is 19.5 Å². The molecule has 5 fully saturated rings. The summed E-state index contributed by atoms with van der Waals surface area (Å²) in [6.45, 7) is 9.27. The average molecular weight is 386 g/mol. The molecular weight excluding hydrogens is 360 g/mol. The topological polar surface area (TPSA) is 89.9 Å². The van der Waals surface area contributed by atoms with Crippen LogP contribution in [0.3, 0.4) is 0 Å². The van der Waals surface area contributed by atoms with Crippen LogP contribution in [-0.2, 0) is 23.9 Å². The second-order valence-corrected chi connectivity index (χ2v) is 9.91. The molecule has 2 saturated heterocycles. The molecule has 0 aromatic rings. The third kappa shape index (κ3) is 1.68. The van der Waals surface area contributed by atoms with Gasteiger partial charge in [-0.2, -0.15) is 0 Å². The lowest BCUT2D eigenvalue weighted by Gasteiger charge is -2.71. The first-order chi connectivity index (χ1) is 13.0. The maximum atomic E-state index is 13.5. The van der Waals surface area contributed by atoms with Gasteiger partial charge >= 0.3 is 5.97 Å². The van der Waals surface area contributed by atoms with Crippen LogP contribution in [0.1, 0.15) is 40.0 Å². The zero-order valence-corrected chi connectivity index (χ0v) is 16.5. The Kier molecular flexibility index (Phi) is 3.28. The van der Waals surface area contributed by atoms with Crippen molar-refractivity contribution in [2.75, 3.05) is 6.61 Å². The molecule has 7 atom stereocenters.